The number of nitro groups is 1. The second-order valence-electron chi connectivity index (χ2n) is 8.58. The topological polar surface area (TPSA) is 109 Å². The number of anilines is 1. The van der Waals surface area contributed by atoms with E-state index >= 15 is 0 Å². The number of benzene rings is 3. The first kappa shape index (κ1) is 24.5. The average molecular weight is 487 g/mol. The molecule has 0 aliphatic rings. The molecule has 1 heterocycles. The highest BCUT2D eigenvalue weighted by Gasteiger charge is 2.16. The van der Waals surface area contributed by atoms with Gasteiger partial charge in [-0.3, -0.25) is 14.9 Å². The molecule has 9 heteroatoms. The van der Waals surface area contributed by atoms with Crippen molar-refractivity contribution in [2.45, 2.75) is 34.4 Å². The van der Waals surface area contributed by atoms with Crippen LogP contribution in [0.3, 0.4) is 0 Å². The Morgan fingerprint density at radius 1 is 0.944 bits per heavy atom. The molecule has 0 unspecified atom stereocenters. The Labute approximate surface area is 208 Å². The van der Waals surface area contributed by atoms with E-state index in [1.54, 1.807) is 12.3 Å². The summed E-state index contributed by atoms with van der Waals surface area (Å²) >= 11 is 0. The molecule has 0 saturated heterocycles. The van der Waals surface area contributed by atoms with Crippen LogP contribution in [0.1, 0.15) is 32.7 Å². The van der Waals surface area contributed by atoms with Crippen molar-refractivity contribution in [1.82, 2.24) is 9.78 Å². The summed E-state index contributed by atoms with van der Waals surface area (Å²) in [7, 11) is 0. The maximum Gasteiger partial charge on any atom is 0.276 e. The molecule has 3 aromatic carbocycles. The number of nitrogens with one attached hydrogen (secondary N) is 1. The summed E-state index contributed by atoms with van der Waals surface area (Å²) in [6.07, 6.45) is 1.63. The van der Waals surface area contributed by atoms with E-state index in [0.29, 0.717) is 5.75 Å². The van der Waals surface area contributed by atoms with Gasteiger partial charge in [-0.15, -0.1) is 0 Å². The van der Waals surface area contributed by atoms with Crippen LogP contribution in [-0.4, -0.2) is 20.6 Å². The Hall–Kier alpha value is -4.66. The summed E-state index contributed by atoms with van der Waals surface area (Å²) in [5, 5.41) is 18.4. The number of non-ortho nitro benzene ring substituents is 1. The minimum absolute atomic E-state index is 0.127. The van der Waals surface area contributed by atoms with Crippen LogP contribution in [0.25, 0.3) is 0 Å². The maximum absolute atomic E-state index is 12.8. The minimum Gasteiger partial charge on any atom is -0.471 e. The molecule has 0 bridgehead atoms. The Bertz CT molecular complexity index is 1440. The molecule has 1 aromatic heterocycles. The van der Waals surface area contributed by atoms with E-state index in [0.717, 1.165) is 28.0 Å². The van der Waals surface area contributed by atoms with Crippen LogP contribution in [-0.2, 0) is 6.73 Å². The lowest BCUT2D eigenvalue weighted by Gasteiger charge is -2.11. The summed E-state index contributed by atoms with van der Waals surface area (Å²) in [5.74, 6) is 1.03. The van der Waals surface area contributed by atoms with Gasteiger partial charge in [0.2, 0.25) is 0 Å². The lowest BCUT2D eigenvalue weighted by Crippen LogP contribution is -2.14. The number of aromatic nitrogens is 2. The number of carbonyl (C=O) groups excluding carboxylic acids is 1. The molecule has 4 rings (SSSR count). The number of ether oxygens (including phenoxy) is 2. The first-order valence-corrected chi connectivity index (χ1v) is 11.3. The third-order valence-corrected chi connectivity index (χ3v) is 5.49. The Morgan fingerprint density at radius 2 is 1.69 bits per heavy atom. The maximum atomic E-state index is 12.8. The van der Waals surface area contributed by atoms with E-state index in [1.807, 2.05) is 64.1 Å². The van der Waals surface area contributed by atoms with Crippen molar-refractivity contribution < 1.29 is 19.2 Å². The van der Waals surface area contributed by atoms with E-state index in [4.69, 9.17) is 9.47 Å². The Kier molecular flexibility index (Phi) is 7.00. The first-order valence-electron chi connectivity index (χ1n) is 11.3. The van der Waals surface area contributed by atoms with Crippen molar-refractivity contribution in [2.24, 2.45) is 0 Å². The molecule has 0 aliphatic heterocycles. The van der Waals surface area contributed by atoms with Crippen LogP contribution in [0.2, 0.25) is 0 Å². The highest BCUT2D eigenvalue weighted by Crippen LogP contribution is 2.32. The molecular weight excluding hydrogens is 460 g/mol. The molecule has 0 fully saturated rings. The predicted octanol–water partition coefficient (Wildman–Crippen LogP) is 6.11. The number of aryl methyl sites for hydroxylation is 4. The zero-order chi connectivity index (χ0) is 25.8. The van der Waals surface area contributed by atoms with Gasteiger partial charge in [0.1, 0.15) is 17.2 Å². The van der Waals surface area contributed by atoms with Crippen molar-refractivity contribution in [3.8, 4) is 17.2 Å². The van der Waals surface area contributed by atoms with Gasteiger partial charge in [-0.05, 0) is 62.6 Å². The number of carbonyl (C=O) groups is 1. The molecule has 0 spiro atoms. The van der Waals surface area contributed by atoms with Crippen LogP contribution in [0.5, 0.6) is 17.2 Å². The third-order valence-electron chi connectivity index (χ3n) is 5.49. The number of hydrogen-bond donors (Lipinski definition) is 1. The summed E-state index contributed by atoms with van der Waals surface area (Å²) < 4.78 is 13.2. The average Bonchev–Trinajstić information content (AvgIpc) is 3.30. The molecule has 1 N–H and O–H groups in total. The SMILES string of the molecule is Cc1ccc(OCn2ccc(C(=O)Nc3cc(Oc4cc(C)ccc4C)cc([N+](=O)[O-])c3)n2)c(C)c1. The van der Waals surface area contributed by atoms with Gasteiger partial charge in [-0.1, -0.05) is 29.8 Å². The highest BCUT2D eigenvalue weighted by molar-refractivity contribution is 6.03. The summed E-state index contributed by atoms with van der Waals surface area (Å²) in [6.45, 7) is 7.91. The van der Waals surface area contributed by atoms with E-state index < -0.39 is 10.8 Å². The number of hydrogen-bond acceptors (Lipinski definition) is 6. The minimum atomic E-state index is -0.537. The molecule has 9 nitrogen and oxygen atoms in total. The van der Waals surface area contributed by atoms with E-state index in [-0.39, 0.29) is 29.5 Å². The summed E-state index contributed by atoms with van der Waals surface area (Å²) in [6, 6.07) is 17.2. The molecule has 0 aliphatic carbocycles. The summed E-state index contributed by atoms with van der Waals surface area (Å²) in [4.78, 5) is 23.7. The largest absolute Gasteiger partial charge is 0.471 e. The van der Waals surface area contributed by atoms with Crippen LogP contribution in [0.15, 0.2) is 66.9 Å². The van der Waals surface area contributed by atoms with Crippen LogP contribution >= 0.6 is 0 Å². The Balaban J connectivity index is 1.48. The smallest absolute Gasteiger partial charge is 0.276 e. The monoisotopic (exact) mass is 486 g/mol. The fourth-order valence-corrected chi connectivity index (χ4v) is 3.61. The standard InChI is InChI=1S/C27H26N4O5/c1-17-6-8-25(20(4)11-17)35-16-30-10-9-24(29-30)27(32)28-21-13-22(31(33)34)15-23(14-21)36-26-12-18(2)5-7-19(26)3/h5-15H,16H2,1-4H3,(H,28,32). The van der Waals surface area contributed by atoms with Crippen LogP contribution in [0, 0.1) is 37.8 Å². The van der Waals surface area contributed by atoms with Gasteiger partial charge in [0, 0.05) is 18.3 Å². The zero-order valence-corrected chi connectivity index (χ0v) is 20.4. The predicted molar refractivity (Wildman–Crippen MR) is 136 cm³/mol. The number of rotatable bonds is 8. The number of nitro benzene ring substituents is 1. The van der Waals surface area contributed by atoms with Crippen molar-refractivity contribution in [1.29, 1.82) is 0 Å². The number of amides is 1. The van der Waals surface area contributed by atoms with Crippen molar-refractivity contribution in [3.05, 3.63) is 105 Å². The first-order chi connectivity index (χ1) is 17.2. The van der Waals surface area contributed by atoms with Crippen LogP contribution in [0.4, 0.5) is 11.4 Å². The lowest BCUT2D eigenvalue weighted by molar-refractivity contribution is -0.384. The van der Waals surface area contributed by atoms with Crippen LogP contribution < -0.4 is 14.8 Å². The third kappa shape index (κ3) is 5.87. The van der Waals surface area contributed by atoms with Gasteiger partial charge in [0.15, 0.2) is 12.4 Å². The van der Waals surface area contributed by atoms with Gasteiger partial charge >= 0.3 is 0 Å². The molecule has 0 atom stereocenters. The second kappa shape index (κ2) is 10.3. The van der Waals surface area contributed by atoms with Crippen molar-refractivity contribution >= 4 is 17.3 Å². The quantitative estimate of drug-likeness (QED) is 0.238. The molecule has 0 saturated carbocycles. The van der Waals surface area contributed by atoms with E-state index in [2.05, 4.69) is 10.4 Å². The fraction of sp³-hybridized carbons (Fsp3) is 0.185. The van der Waals surface area contributed by atoms with E-state index in [9.17, 15) is 14.9 Å². The lowest BCUT2D eigenvalue weighted by atomic mass is 10.1. The van der Waals surface area contributed by atoms with E-state index in [1.165, 1.54) is 22.9 Å². The number of nitrogens with zero attached hydrogens (tertiary/aromatic N) is 3. The summed E-state index contributed by atoms with van der Waals surface area (Å²) in [5.41, 5.74) is 4.17. The van der Waals surface area contributed by atoms with Gasteiger partial charge in [-0.2, -0.15) is 5.10 Å². The van der Waals surface area contributed by atoms with Gasteiger partial charge in [0.05, 0.1) is 16.7 Å². The Morgan fingerprint density at radius 3 is 2.44 bits per heavy atom. The molecule has 0 radical (unpaired) electrons. The van der Waals surface area contributed by atoms with Crippen molar-refractivity contribution in [3.63, 3.8) is 0 Å². The molecule has 4 aromatic rings. The van der Waals surface area contributed by atoms with Gasteiger partial charge < -0.3 is 14.8 Å². The zero-order valence-electron chi connectivity index (χ0n) is 20.4. The highest BCUT2D eigenvalue weighted by atomic mass is 16.6. The molecule has 1 amide bonds. The van der Waals surface area contributed by atoms with Crippen molar-refractivity contribution in [2.75, 3.05) is 5.32 Å². The molecular formula is C27H26N4O5. The normalized spacial score (nSPS) is 10.7. The fourth-order valence-electron chi connectivity index (χ4n) is 3.61. The second-order valence-corrected chi connectivity index (χ2v) is 8.58. The van der Waals surface area contributed by atoms with Gasteiger partial charge in [-0.25, -0.2) is 4.68 Å². The molecule has 36 heavy (non-hydrogen) atoms. The van der Waals surface area contributed by atoms with Gasteiger partial charge in [0.25, 0.3) is 11.6 Å². The molecule has 184 valence electrons.